The fraction of sp³-hybridized carbons (Fsp3) is 0.500. The van der Waals surface area contributed by atoms with Crippen LogP contribution in [0.25, 0.3) is 0 Å². The van der Waals surface area contributed by atoms with Gasteiger partial charge in [0.1, 0.15) is 17.0 Å². The van der Waals surface area contributed by atoms with Crippen LogP contribution in [0.1, 0.15) is 20.3 Å². The lowest BCUT2D eigenvalue weighted by Crippen LogP contribution is -2.45. The summed E-state index contributed by atoms with van der Waals surface area (Å²) >= 11 is 0. The first-order valence-corrected chi connectivity index (χ1v) is 7.34. The molecule has 1 aromatic rings. The number of anilines is 1. The van der Waals surface area contributed by atoms with E-state index in [1.165, 1.54) is 13.8 Å². The second-order valence-electron chi connectivity index (χ2n) is 6.12. The van der Waals surface area contributed by atoms with E-state index in [-0.39, 0.29) is 5.69 Å². The van der Waals surface area contributed by atoms with E-state index in [9.17, 15) is 18.4 Å². The van der Waals surface area contributed by atoms with E-state index in [1.54, 1.807) is 0 Å². The summed E-state index contributed by atoms with van der Waals surface area (Å²) < 4.78 is 26.4. The SMILES string of the molecule is CN(C)CCCNC(=O)C(C)(C)C(=O)Nc1ccc(F)cc1F. The van der Waals surface area contributed by atoms with Crippen molar-refractivity contribution >= 4 is 17.5 Å². The number of amides is 2. The van der Waals surface area contributed by atoms with E-state index in [0.29, 0.717) is 12.6 Å². The van der Waals surface area contributed by atoms with Gasteiger partial charge in [-0.25, -0.2) is 8.78 Å². The number of halogens is 2. The lowest BCUT2D eigenvalue weighted by molar-refractivity contribution is -0.138. The van der Waals surface area contributed by atoms with E-state index < -0.39 is 28.9 Å². The summed E-state index contributed by atoms with van der Waals surface area (Å²) in [6.07, 6.45) is 0.753. The van der Waals surface area contributed by atoms with Crippen molar-refractivity contribution in [2.75, 3.05) is 32.5 Å². The number of hydrogen-bond donors (Lipinski definition) is 2. The molecule has 23 heavy (non-hydrogen) atoms. The normalized spacial score (nSPS) is 11.4. The summed E-state index contributed by atoms with van der Waals surface area (Å²) in [7, 11) is 3.85. The van der Waals surface area contributed by atoms with E-state index in [4.69, 9.17) is 0 Å². The molecular formula is C16H23F2N3O2. The van der Waals surface area contributed by atoms with Crippen molar-refractivity contribution in [3.05, 3.63) is 29.8 Å². The lowest BCUT2D eigenvalue weighted by Gasteiger charge is -2.23. The van der Waals surface area contributed by atoms with Crippen LogP contribution in [0, 0.1) is 17.0 Å². The van der Waals surface area contributed by atoms with Crippen LogP contribution in [0.4, 0.5) is 14.5 Å². The Morgan fingerprint density at radius 3 is 2.39 bits per heavy atom. The molecule has 7 heteroatoms. The van der Waals surface area contributed by atoms with Crippen molar-refractivity contribution in [2.24, 2.45) is 5.41 Å². The van der Waals surface area contributed by atoms with Gasteiger partial charge in [-0.2, -0.15) is 0 Å². The van der Waals surface area contributed by atoms with Gasteiger partial charge in [0.05, 0.1) is 5.69 Å². The average molecular weight is 327 g/mol. The number of nitrogens with one attached hydrogen (secondary N) is 2. The second kappa shape index (κ2) is 8.01. The van der Waals surface area contributed by atoms with Crippen molar-refractivity contribution in [2.45, 2.75) is 20.3 Å². The summed E-state index contributed by atoms with van der Waals surface area (Å²) in [4.78, 5) is 26.3. The molecule has 0 fully saturated rings. The molecule has 0 aliphatic heterocycles. The van der Waals surface area contributed by atoms with Crippen molar-refractivity contribution in [3.63, 3.8) is 0 Å². The summed E-state index contributed by atoms with van der Waals surface area (Å²) in [6, 6.07) is 2.82. The molecule has 1 aromatic carbocycles. The van der Waals surface area contributed by atoms with Gasteiger partial charge in [0, 0.05) is 12.6 Å². The Labute approximate surface area is 135 Å². The van der Waals surface area contributed by atoms with Crippen LogP contribution in [0.2, 0.25) is 0 Å². The average Bonchev–Trinajstić information content (AvgIpc) is 2.45. The van der Waals surface area contributed by atoms with Crippen molar-refractivity contribution in [1.29, 1.82) is 0 Å². The molecule has 0 saturated carbocycles. The molecule has 128 valence electrons. The Bertz CT molecular complexity index is 574. The Hall–Kier alpha value is -2.02. The van der Waals surface area contributed by atoms with Crippen LogP contribution in [0.15, 0.2) is 18.2 Å². The van der Waals surface area contributed by atoms with Gasteiger partial charge >= 0.3 is 0 Å². The molecular weight excluding hydrogens is 304 g/mol. The first-order chi connectivity index (χ1) is 10.6. The molecule has 2 N–H and O–H groups in total. The maximum atomic E-state index is 13.6. The monoisotopic (exact) mass is 327 g/mol. The number of carbonyl (C=O) groups excluding carboxylic acids is 2. The molecule has 1 rings (SSSR count). The molecule has 2 amide bonds. The largest absolute Gasteiger partial charge is 0.355 e. The van der Waals surface area contributed by atoms with E-state index in [2.05, 4.69) is 10.6 Å². The zero-order valence-electron chi connectivity index (χ0n) is 13.9. The van der Waals surface area contributed by atoms with E-state index >= 15 is 0 Å². The highest BCUT2D eigenvalue weighted by molar-refractivity contribution is 6.09. The first-order valence-electron chi connectivity index (χ1n) is 7.34. The van der Waals surface area contributed by atoms with Gasteiger partial charge in [0.2, 0.25) is 11.8 Å². The van der Waals surface area contributed by atoms with E-state index in [1.807, 2.05) is 19.0 Å². The Balaban J connectivity index is 2.63. The van der Waals surface area contributed by atoms with Gasteiger partial charge in [-0.05, 0) is 53.0 Å². The van der Waals surface area contributed by atoms with Crippen molar-refractivity contribution in [1.82, 2.24) is 10.2 Å². The van der Waals surface area contributed by atoms with Crippen LogP contribution in [0.5, 0.6) is 0 Å². The van der Waals surface area contributed by atoms with Gasteiger partial charge in [-0.3, -0.25) is 9.59 Å². The van der Waals surface area contributed by atoms with Gasteiger partial charge in [-0.15, -0.1) is 0 Å². The zero-order valence-corrected chi connectivity index (χ0v) is 13.9. The van der Waals surface area contributed by atoms with Crippen molar-refractivity contribution in [3.8, 4) is 0 Å². The van der Waals surface area contributed by atoms with Gasteiger partial charge in [-0.1, -0.05) is 0 Å². The third kappa shape index (κ3) is 5.59. The second-order valence-corrected chi connectivity index (χ2v) is 6.12. The predicted octanol–water partition coefficient (Wildman–Crippen LogP) is 2.00. The standard InChI is InChI=1S/C16H23F2N3O2/c1-16(2,14(22)19-8-5-9-21(3)4)15(23)20-13-7-6-11(17)10-12(13)18/h6-7,10H,5,8-9H2,1-4H3,(H,19,22)(H,20,23). The van der Waals surface area contributed by atoms with Crippen LogP contribution < -0.4 is 10.6 Å². The molecule has 0 aliphatic carbocycles. The third-order valence-corrected chi connectivity index (χ3v) is 3.38. The van der Waals surface area contributed by atoms with Crippen LogP contribution >= 0.6 is 0 Å². The molecule has 0 saturated heterocycles. The summed E-state index contributed by atoms with van der Waals surface area (Å²) in [5.74, 6) is -2.73. The number of nitrogens with zero attached hydrogens (tertiary/aromatic N) is 1. The van der Waals surface area contributed by atoms with Crippen LogP contribution in [-0.2, 0) is 9.59 Å². The molecule has 0 heterocycles. The van der Waals surface area contributed by atoms with Gasteiger partial charge in [0.15, 0.2) is 0 Å². The Kier molecular flexibility index (Phi) is 6.62. The van der Waals surface area contributed by atoms with Crippen LogP contribution in [0.3, 0.4) is 0 Å². The van der Waals surface area contributed by atoms with Gasteiger partial charge in [0.25, 0.3) is 0 Å². The first kappa shape index (κ1) is 19.0. The highest BCUT2D eigenvalue weighted by atomic mass is 19.1. The number of rotatable bonds is 7. The van der Waals surface area contributed by atoms with E-state index in [0.717, 1.165) is 25.1 Å². The molecule has 0 atom stereocenters. The summed E-state index contributed by atoms with van der Waals surface area (Å²) in [5.41, 5.74) is -1.54. The molecule has 0 spiro atoms. The van der Waals surface area contributed by atoms with Crippen molar-refractivity contribution < 1.29 is 18.4 Å². The number of benzene rings is 1. The third-order valence-electron chi connectivity index (χ3n) is 3.38. The minimum absolute atomic E-state index is 0.162. The van der Waals surface area contributed by atoms with Crippen LogP contribution in [-0.4, -0.2) is 43.9 Å². The molecule has 0 bridgehead atoms. The molecule has 5 nitrogen and oxygen atoms in total. The molecule has 0 aromatic heterocycles. The highest BCUT2D eigenvalue weighted by Gasteiger charge is 2.36. The molecule has 0 unspecified atom stereocenters. The predicted molar refractivity (Wildman–Crippen MR) is 84.9 cm³/mol. The fourth-order valence-corrected chi connectivity index (χ4v) is 1.79. The number of carbonyl (C=O) groups is 2. The Morgan fingerprint density at radius 2 is 1.83 bits per heavy atom. The zero-order chi connectivity index (χ0) is 17.6. The number of hydrogen-bond acceptors (Lipinski definition) is 3. The Morgan fingerprint density at radius 1 is 1.17 bits per heavy atom. The minimum Gasteiger partial charge on any atom is -0.355 e. The fourth-order valence-electron chi connectivity index (χ4n) is 1.79. The lowest BCUT2D eigenvalue weighted by atomic mass is 9.91. The minimum atomic E-state index is -1.38. The molecule has 0 aliphatic rings. The summed E-state index contributed by atoms with van der Waals surface area (Å²) in [6.45, 7) is 4.16. The van der Waals surface area contributed by atoms with Gasteiger partial charge < -0.3 is 15.5 Å². The highest BCUT2D eigenvalue weighted by Crippen LogP contribution is 2.21. The topological polar surface area (TPSA) is 61.4 Å². The quantitative estimate of drug-likeness (QED) is 0.595. The molecule has 0 radical (unpaired) electrons. The maximum Gasteiger partial charge on any atom is 0.239 e. The summed E-state index contributed by atoms with van der Waals surface area (Å²) in [5, 5.41) is 5.01. The smallest absolute Gasteiger partial charge is 0.239 e. The maximum absolute atomic E-state index is 13.6.